The van der Waals surface area contributed by atoms with Crippen molar-refractivity contribution in [1.29, 1.82) is 0 Å². The monoisotopic (exact) mass is 426 g/mol. The van der Waals surface area contributed by atoms with E-state index in [-0.39, 0.29) is 11.8 Å². The van der Waals surface area contributed by atoms with Crippen molar-refractivity contribution >= 4 is 34.6 Å². The van der Waals surface area contributed by atoms with Gasteiger partial charge in [-0.2, -0.15) is 0 Å². The molecule has 23 heavy (non-hydrogen) atoms. The van der Waals surface area contributed by atoms with Gasteiger partial charge in [0.1, 0.15) is 18.2 Å². The molecule has 0 spiro atoms. The summed E-state index contributed by atoms with van der Waals surface area (Å²) >= 11 is 2.17. The van der Waals surface area contributed by atoms with E-state index in [1.165, 1.54) is 18.2 Å². The van der Waals surface area contributed by atoms with E-state index in [1.807, 2.05) is 18.2 Å². The molecule has 0 saturated heterocycles. The number of esters is 1. The largest absolute Gasteiger partial charge is 0.488 e. The van der Waals surface area contributed by atoms with Crippen molar-refractivity contribution in [3.8, 4) is 5.75 Å². The molecule has 0 radical (unpaired) electrons. The van der Waals surface area contributed by atoms with E-state index in [4.69, 9.17) is 9.47 Å². The van der Waals surface area contributed by atoms with Gasteiger partial charge < -0.3 is 9.47 Å². The van der Waals surface area contributed by atoms with Crippen molar-refractivity contribution in [3.63, 3.8) is 0 Å². The van der Waals surface area contributed by atoms with Crippen molar-refractivity contribution in [3.05, 3.63) is 69.1 Å². The van der Waals surface area contributed by atoms with Crippen LogP contribution in [0.4, 0.5) is 4.39 Å². The first-order chi connectivity index (χ1) is 11.1. The summed E-state index contributed by atoms with van der Waals surface area (Å²) < 4.78 is 24.4. The number of carbonyl (C=O) groups excluding carboxylic acids is 1. The van der Waals surface area contributed by atoms with Gasteiger partial charge in [0.25, 0.3) is 0 Å². The second-order valence-corrected chi connectivity index (χ2v) is 5.85. The Kier molecular flexibility index (Phi) is 6.58. The Bertz CT molecular complexity index is 696. The van der Waals surface area contributed by atoms with Crippen LogP contribution in [-0.2, 0) is 16.1 Å². The SMILES string of the molecule is CCOC(=O)/C=C/c1ccc(OCc2ccc(F)cc2)c(I)c1. The molecule has 2 aromatic carbocycles. The number of carbonyl (C=O) groups is 1. The Morgan fingerprint density at radius 2 is 1.96 bits per heavy atom. The highest BCUT2D eigenvalue weighted by molar-refractivity contribution is 14.1. The molecule has 5 heteroatoms. The first-order valence-electron chi connectivity index (χ1n) is 7.10. The third kappa shape index (κ3) is 5.67. The maximum Gasteiger partial charge on any atom is 0.330 e. The Morgan fingerprint density at radius 3 is 2.61 bits per heavy atom. The van der Waals surface area contributed by atoms with Crippen LogP contribution >= 0.6 is 22.6 Å². The highest BCUT2D eigenvalue weighted by Crippen LogP contribution is 2.23. The molecule has 0 aromatic heterocycles. The first kappa shape index (κ1) is 17.5. The quantitative estimate of drug-likeness (QED) is 0.385. The van der Waals surface area contributed by atoms with Crippen molar-refractivity contribution in [2.75, 3.05) is 6.61 Å². The fourth-order valence-electron chi connectivity index (χ4n) is 1.83. The second kappa shape index (κ2) is 8.67. The predicted molar refractivity (Wildman–Crippen MR) is 95.6 cm³/mol. The van der Waals surface area contributed by atoms with Crippen LogP contribution in [0, 0.1) is 9.39 Å². The molecular weight excluding hydrogens is 410 g/mol. The van der Waals surface area contributed by atoms with Gasteiger partial charge in [-0.1, -0.05) is 18.2 Å². The molecule has 0 saturated carbocycles. The lowest BCUT2D eigenvalue weighted by molar-refractivity contribution is -0.137. The van der Waals surface area contributed by atoms with Crippen LogP contribution < -0.4 is 4.74 Å². The number of halogens is 2. The van der Waals surface area contributed by atoms with Crippen LogP contribution in [0.3, 0.4) is 0 Å². The minimum atomic E-state index is -0.362. The third-order valence-corrected chi connectivity index (χ3v) is 3.81. The summed E-state index contributed by atoms with van der Waals surface area (Å²) in [6.07, 6.45) is 3.10. The van der Waals surface area contributed by atoms with E-state index in [9.17, 15) is 9.18 Å². The zero-order valence-corrected chi connectivity index (χ0v) is 14.7. The molecule has 0 aliphatic heterocycles. The van der Waals surface area contributed by atoms with Crippen molar-refractivity contribution in [2.45, 2.75) is 13.5 Å². The molecule has 0 aliphatic carbocycles. The molecule has 2 rings (SSSR count). The standard InChI is InChI=1S/C18H16FIO3/c1-2-22-18(21)10-6-13-5-9-17(16(20)11-13)23-12-14-3-7-15(19)8-4-14/h3-11H,2,12H2,1H3/b10-6+. The average Bonchev–Trinajstić information content (AvgIpc) is 2.54. The molecule has 0 aliphatic rings. The minimum absolute atomic E-state index is 0.263. The first-order valence-corrected chi connectivity index (χ1v) is 8.18. The van der Waals surface area contributed by atoms with Crippen LogP contribution in [0.5, 0.6) is 5.75 Å². The number of ether oxygens (including phenoxy) is 2. The fraction of sp³-hybridized carbons (Fsp3) is 0.167. The summed E-state index contributed by atoms with van der Waals surface area (Å²) in [5.74, 6) is 0.114. The van der Waals surface area contributed by atoms with Gasteiger partial charge in [0.2, 0.25) is 0 Å². The summed E-state index contributed by atoms with van der Waals surface area (Å²) in [5, 5.41) is 0. The van der Waals surface area contributed by atoms with Gasteiger partial charge in [0.15, 0.2) is 0 Å². The fourth-order valence-corrected chi connectivity index (χ4v) is 2.53. The second-order valence-electron chi connectivity index (χ2n) is 4.69. The molecule has 0 atom stereocenters. The molecule has 2 aromatic rings. The Hall–Kier alpha value is -1.89. The van der Waals surface area contributed by atoms with Crippen molar-refractivity contribution < 1.29 is 18.7 Å². The highest BCUT2D eigenvalue weighted by atomic mass is 127. The topological polar surface area (TPSA) is 35.5 Å². The summed E-state index contributed by atoms with van der Waals surface area (Å²) in [7, 11) is 0. The van der Waals surface area contributed by atoms with Crippen LogP contribution in [0.2, 0.25) is 0 Å². The van der Waals surface area contributed by atoms with Crippen LogP contribution in [0.15, 0.2) is 48.5 Å². The zero-order valence-electron chi connectivity index (χ0n) is 12.6. The lowest BCUT2D eigenvalue weighted by Gasteiger charge is -2.09. The molecule has 0 N–H and O–H groups in total. The van der Waals surface area contributed by atoms with Gasteiger partial charge in [-0.25, -0.2) is 9.18 Å². The van der Waals surface area contributed by atoms with Gasteiger partial charge in [-0.05, 0) is 71.0 Å². The molecule has 3 nitrogen and oxygen atoms in total. The van der Waals surface area contributed by atoms with Crippen LogP contribution in [0.25, 0.3) is 6.08 Å². The predicted octanol–water partition coefficient (Wildman–Crippen LogP) is 4.59. The minimum Gasteiger partial charge on any atom is -0.488 e. The van der Waals surface area contributed by atoms with E-state index in [0.717, 1.165) is 20.4 Å². The number of hydrogen-bond donors (Lipinski definition) is 0. The smallest absolute Gasteiger partial charge is 0.330 e. The summed E-state index contributed by atoms with van der Waals surface area (Å²) in [6, 6.07) is 11.8. The van der Waals surface area contributed by atoms with E-state index < -0.39 is 0 Å². The third-order valence-electron chi connectivity index (χ3n) is 2.96. The molecular formula is C18H16FIO3. The Balaban J connectivity index is 1.99. The lowest BCUT2D eigenvalue weighted by atomic mass is 10.2. The number of rotatable bonds is 6. The Labute approximate surface area is 148 Å². The van der Waals surface area contributed by atoms with E-state index in [2.05, 4.69) is 22.6 Å². The average molecular weight is 426 g/mol. The lowest BCUT2D eigenvalue weighted by Crippen LogP contribution is -1.99. The highest BCUT2D eigenvalue weighted by Gasteiger charge is 2.03. The molecule has 0 bridgehead atoms. The van der Waals surface area contributed by atoms with E-state index >= 15 is 0 Å². The number of benzene rings is 2. The Morgan fingerprint density at radius 1 is 1.22 bits per heavy atom. The number of hydrogen-bond acceptors (Lipinski definition) is 3. The van der Waals surface area contributed by atoms with Gasteiger partial charge in [-0.15, -0.1) is 0 Å². The molecule has 0 heterocycles. The maximum atomic E-state index is 12.9. The molecule has 0 unspecified atom stereocenters. The normalized spacial score (nSPS) is 10.7. The van der Waals surface area contributed by atoms with E-state index in [1.54, 1.807) is 25.1 Å². The molecule has 0 amide bonds. The van der Waals surface area contributed by atoms with Crippen molar-refractivity contribution in [1.82, 2.24) is 0 Å². The van der Waals surface area contributed by atoms with Gasteiger partial charge in [0, 0.05) is 6.08 Å². The summed E-state index contributed by atoms with van der Waals surface area (Å²) in [5.41, 5.74) is 1.78. The van der Waals surface area contributed by atoms with Crippen molar-refractivity contribution in [2.24, 2.45) is 0 Å². The molecule has 0 fully saturated rings. The summed E-state index contributed by atoms with van der Waals surface area (Å²) in [4.78, 5) is 11.3. The van der Waals surface area contributed by atoms with Crippen LogP contribution in [0.1, 0.15) is 18.1 Å². The van der Waals surface area contributed by atoms with Gasteiger partial charge in [0.05, 0.1) is 10.2 Å². The van der Waals surface area contributed by atoms with Gasteiger partial charge in [-0.3, -0.25) is 0 Å². The maximum absolute atomic E-state index is 12.9. The molecule has 120 valence electrons. The van der Waals surface area contributed by atoms with Crippen LogP contribution in [-0.4, -0.2) is 12.6 Å². The zero-order chi connectivity index (χ0) is 16.7. The van der Waals surface area contributed by atoms with Gasteiger partial charge >= 0.3 is 5.97 Å². The van der Waals surface area contributed by atoms with E-state index in [0.29, 0.717) is 13.2 Å². The summed E-state index contributed by atoms with van der Waals surface area (Å²) in [6.45, 7) is 2.49.